The van der Waals surface area contributed by atoms with Crippen molar-refractivity contribution in [1.29, 1.82) is 0 Å². The van der Waals surface area contributed by atoms with E-state index in [-0.39, 0.29) is 5.91 Å². The average molecular weight is 394 g/mol. The number of ether oxygens (including phenoxy) is 2. The van der Waals surface area contributed by atoms with Crippen LogP contribution in [0.3, 0.4) is 0 Å². The number of carbonyl (C=O) groups excluding carboxylic acids is 1. The third kappa shape index (κ3) is 5.23. The molecule has 0 aliphatic rings. The molecule has 2 N–H and O–H groups in total. The van der Waals surface area contributed by atoms with Crippen molar-refractivity contribution in [1.82, 2.24) is 4.98 Å². The Morgan fingerprint density at radius 3 is 2.59 bits per heavy atom. The van der Waals surface area contributed by atoms with E-state index in [1.165, 1.54) is 0 Å². The lowest BCUT2D eigenvalue weighted by molar-refractivity contribution is -0.870. The van der Waals surface area contributed by atoms with Crippen molar-refractivity contribution in [3.63, 3.8) is 0 Å². The monoisotopic (exact) mass is 394 g/mol. The number of para-hydroxylation sites is 1. The number of aromatic nitrogens is 1. The second kappa shape index (κ2) is 9.39. The van der Waals surface area contributed by atoms with Gasteiger partial charge in [-0.25, -0.2) is 0 Å². The number of amides is 1. The molecule has 0 radical (unpaired) electrons. The summed E-state index contributed by atoms with van der Waals surface area (Å²) in [5, 5.41) is 4.01. The highest BCUT2D eigenvalue weighted by molar-refractivity contribution is 6.01. The summed E-state index contributed by atoms with van der Waals surface area (Å²) in [6, 6.07) is 15.7. The fourth-order valence-corrected chi connectivity index (χ4v) is 3.36. The maximum absolute atomic E-state index is 12.6. The maximum atomic E-state index is 12.6. The first-order valence-corrected chi connectivity index (χ1v) is 9.68. The molecule has 0 saturated heterocycles. The second-order valence-corrected chi connectivity index (χ2v) is 7.20. The number of carbonyl (C=O) groups is 1. The molecule has 6 heteroatoms. The Morgan fingerprint density at radius 1 is 1.07 bits per heavy atom. The lowest BCUT2D eigenvalue weighted by atomic mass is 10.1. The van der Waals surface area contributed by atoms with Crippen LogP contribution in [0.4, 0.5) is 5.69 Å². The van der Waals surface area contributed by atoms with Gasteiger partial charge >= 0.3 is 0 Å². The highest BCUT2D eigenvalue weighted by atomic mass is 16.5. The van der Waals surface area contributed by atoms with Gasteiger partial charge in [0.2, 0.25) is 0 Å². The van der Waals surface area contributed by atoms with Crippen molar-refractivity contribution in [2.45, 2.75) is 13.3 Å². The fraction of sp³-hybridized carbons (Fsp3) is 0.304. The number of hydrogen-bond acceptors (Lipinski definition) is 4. The quantitative estimate of drug-likeness (QED) is 0.615. The maximum Gasteiger partial charge on any atom is 0.279 e. The van der Waals surface area contributed by atoms with Gasteiger partial charge in [-0.15, -0.1) is 0 Å². The van der Waals surface area contributed by atoms with Crippen LogP contribution in [0, 0.1) is 6.92 Å². The van der Waals surface area contributed by atoms with E-state index in [4.69, 9.17) is 9.47 Å². The van der Waals surface area contributed by atoms with E-state index in [0.29, 0.717) is 6.54 Å². The minimum absolute atomic E-state index is 0.00874. The van der Waals surface area contributed by atoms with Crippen LogP contribution in [0.15, 0.2) is 48.5 Å². The van der Waals surface area contributed by atoms with Gasteiger partial charge in [0.05, 0.1) is 39.0 Å². The van der Waals surface area contributed by atoms with Gasteiger partial charge < -0.3 is 19.7 Å². The first-order valence-electron chi connectivity index (χ1n) is 9.68. The van der Waals surface area contributed by atoms with Crippen molar-refractivity contribution >= 4 is 22.5 Å². The summed E-state index contributed by atoms with van der Waals surface area (Å²) in [7, 11) is 5.28. The summed E-state index contributed by atoms with van der Waals surface area (Å²) in [4.78, 5) is 18.2. The summed E-state index contributed by atoms with van der Waals surface area (Å²) >= 11 is 0. The van der Waals surface area contributed by atoms with Gasteiger partial charge in [0, 0.05) is 17.5 Å². The lowest BCUT2D eigenvalue weighted by Gasteiger charge is -2.15. The summed E-state index contributed by atoms with van der Waals surface area (Å²) < 4.78 is 10.6. The number of likely N-dealkylation sites (N-methyl/N-ethyl adjacent to an activating group) is 1. The van der Waals surface area contributed by atoms with Crippen LogP contribution in [0.2, 0.25) is 0 Å². The molecule has 2 aromatic carbocycles. The molecular weight excluding hydrogens is 366 g/mol. The third-order valence-electron chi connectivity index (χ3n) is 4.87. The van der Waals surface area contributed by atoms with Crippen molar-refractivity contribution in [2.24, 2.45) is 0 Å². The van der Waals surface area contributed by atoms with Crippen LogP contribution in [0.5, 0.6) is 11.5 Å². The fourth-order valence-electron chi connectivity index (χ4n) is 3.36. The zero-order valence-corrected chi connectivity index (χ0v) is 17.4. The zero-order chi connectivity index (χ0) is 20.8. The number of rotatable bonds is 8. The smallest absolute Gasteiger partial charge is 0.279 e. The normalized spacial score (nSPS) is 11.9. The first-order chi connectivity index (χ1) is 14.0. The van der Waals surface area contributed by atoms with Gasteiger partial charge in [-0.3, -0.25) is 9.78 Å². The van der Waals surface area contributed by atoms with E-state index >= 15 is 0 Å². The number of aryl methyl sites for hydroxylation is 1. The first kappa shape index (κ1) is 20.6. The molecule has 0 aliphatic carbocycles. The Labute approximate surface area is 171 Å². The molecule has 0 aliphatic heterocycles. The molecule has 1 unspecified atom stereocenters. The molecule has 29 heavy (non-hydrogen) atoms. The van der Waals surface area contributed by atoms with Crippen molar-refractivity contribution < 1.29 is 19.2 Å². The molecule has 6 nitrogen and oxygen atoms in total. The highest BCUT2D eigenvalue weighted by Crippen LogP contribution is 2.27. The van der Waals surface area contributed by atoms with Gasteiger partial charge in [-0.1, -0.05) is 24.3 Å². The molecule has 1 atom stereocenters. The van der Waals surface area contributed by atoms with Gasteiger partial charge in [0.1, 0.15) is 0 Å². The molecule has 0 saturated carbocycles. The van der Waals surface area contributed by atoms with Crippen LogP contribution in [-0.4, -0.2) is 45.2 Å². The lowest BCUT2D eigenvalue weighted by Crippen LogP contribution is -3.10. The van der Waals surface area contributed by atoms with E-state index in [9.17, 15) is 4.79 Å². The van der Waals surface area contributed by atoms with Crippen LogP contribution in [-0.2, 0) is 11.2 Å². The summed E-state index contributed by atoms with van der Waals surface area (Å²) in [6.45, 7) is 3.16. The van der Waals surface area contributed by atoms with E-state index in [2.05, 4.69) is 10.3 Å². The van der Waals surface area contributed by atoms with Gasteiger partial charge in [-0.05, 0) is 36.8 Å². The molecule has 3 aromatic rings. The largest absolute Gasteiger partial charge is 0.493 e. The number of quaternary nitrogens is 1. The molecule has 152 valence electrons. The number of hydrogen-bond donors (Lipinski definition) is 2. The Bertz CT molecular complexity index is 1000. The number of benzene rings is 2. The highest BCUT2D eigenvalue weighted by Gasteiger charge is 2.13. The predicted molar refractivity (Wildman–Crippen MR) is 115 cm³/mol. The second-order valence-electron chi connectivity index (χ2n) is 7.20. The molecular formula is C23H28N3O3+. The van der Waals surface area contributed by atoms with Crippen molar-refractivity contribution in [3.05, 3.63) is 59.8 Å². The van der Waals surface area contributed by atoms with Crippen LogP contribution in [0.25, 0.3) is 10.9 Å². The Balaban J connectivity index is 1.59. The van der Waals surface area contributed by atoms with Crippen molar-refractivity contribution in [2.75, 3.05) is 39.7 Å². The Hall–Kier alpha value is -3.12. The number of methoxy groups -OCH3 is 2. The van der Waals surface area contributed by atoms with Gasteiger partial charge in [0.15, 0.2) is 18.0 Å². The van der Waals surface area contributed by atoms with Gasteiger partial charge in [-0.2, -0.15) is 0 Å². The van der Waals surface area contributed by atoms with E-state index in [0.717, 1.165) is 57.2 Å². The topological polar surface area (TPSA) is 64.9 Å². The summed E-state index contributed by atoms with van der Waals surface area (Å²) in [5.41, 5.74) is 3.73. The number of nitrogens with one attached hydrogen (secondary N) is 2. The molecule has 0 fully saturated rings. The number of fused-ring (bicyclic) bond motifs is 1. The van der Waals surface area contributed by atoms with Crippen molar-refractivity contribution in [3.8, 4) is 11.5 Å². The third-order valence-corrected chi connectivity index (χ3v) is 4.87. The molecule has 1 amide bonds. The summed E-state index contributed by atoms with van der Waals surface area (Å²) in [5.74, 6) is 1.43. The molecule has 3 rings (SSSR count). The van der Waals surface area contributed by atoms with Gasteiger partial charge in [0.25, 0.3) is 5.91 Å². The Morgan fingerprint density at radius 2 is 1.83 bits per heavy atom. The van der Waals surface area contributed by atoms with E-state index < -0.39 is 0 Å². The average Bonchev–Trinajstić information content (AvgIpc) is 2.71. The Kier molecular flexibility index (Phi) is 6.67. The van der Waals surface area contributed by atoms with E-state index in [1.807, 2.05) is 62.5 Å². The summed E-state index contributed by atoms with van der Waals surface area (Å²) in [6.07, 6.45) is 0.844. The number of anilines is 1. The van der Waals surface area contributed by atoms with E-state index in [1.54, 1.807) is 14.2 Å². The number of pyridine rings is 1. The minimum atomic E-state index is -0.00874. The molecule has 1 aromatic heterocycles. The standard InChI is InChI=1S/C23H27N3O3/c1-16-13-20(18-7-5-6-8-19(18)24-16)25-23(27)15-26(2)12-11-17-9-10-21(28-3)22(14-17)29-4/h5-10,13-14H,11-12,15H2,1-4H3,(H,24,25,27)/p+1. The van der Waals surface area contributed by atoms with Crippen LogP contribution in [0.1, 0.15) is 11.3 Å². The molecule has 1 heterocycles. The SMILES string of the molecule is COc1ccc(CC[NH+](C)CC(=O)Nc2cc(C)nc3ccccc23)cc1OC. The zero-order valence-electron chi connectivity index (χ0n) is 17.4. The van der Waals surface area contributed by atoms with Crippen LogP contribution < -0.4 is 19.7 Å². The number of nitrogens with zero attached hydrogens (tertiary/aromatic N) is 1. The molecule has 0 spiro atoms. The molecule has 0 bridgehead atoms. The van der Waals surface area contributed by atoms with Crippen LogP contribution >= 0.6 is 0 Å². The minimum Gasteiger partial charge on any atom is -0.493 e. The predicted octanol–water partition coefficient (Wildman–Crippen LogP) is 2.26.